The van der Waals surface area contributed by atoms with Crippen molar-refractivity contribution in [1.29, 1.82) is 0 Å². The summed E-state index contributed by atoms with van der Waals surface area (Å²) in [5.74, 6) is -0.377. The number of H-pyrrole nitrogens is 2. The van der Waals surface area contributed by atoms with Gasteiger partial charge in [-0.2, -0.15) is 0 Å². The summed E-state index contributed by atoms with van der Waals surface area (Å²) in [4.78, 5) is 27.6. The first-order chi connectivity index (χ1) is 6.02. The molecule has 0 aliphatic heterocycles. The van der Waals surface area contributed by atoms with Crippen LogP contribution >= 0.6 is 12.2 Å². The average Bonchev–Trinajstić information content (AvgIpc) is 2.03. The lowest BCUT2D eigenvalue weighted by molar-refractivity contribution is 0.0937. The minimum Gasteiger partial charge on any atom is -0.338 e. The van der Waals surface area contributed by atoms with Crippen molar-refractivity contribution in [3.05, 3.63) is 26.9 Å². The maximum Gasteiger partial charge on any atom is 0.262 e. The maximum atomic E-state index is 11.4. The zero-order valence-corrected chi connectivity index (χ0v) is 8.20. The molecule has 0 aliphatic carbocycles. The normalized spacial score (nSPS) is 10.4. The van der Waals surface area contributed by atoms with E-state index in [0.29, 0.717) is 0 Å². The maximum absolute atomic E-state index is 11.4. The number of hydrogen-bond acceptors (Lipinski definition) is 3. The standard InChI is InChI=1S/C8H10N2O2S/c1-4(2)6(11)5-3-9-8(13)10-7(5)12/h3-4H,1-2H3,(H2,9,10,12,13). The van der Waals surface area contributed by atoms with Crippen molar-refractivity contribution in [1.82, 2.24) is 9.97 Å². The SMILES string of the molecule is CC(C)C(=O)c1c[nH]c(=S)[nH]c1=O. The first kappa shape index (κ1) is 9.85. The Balaban J connectivity index is 3.25. The predicted octanol–water partition coefficient (Wildman–Crippen LogP) is 1.27. The lowest BCUT2D eigenvalue weighted by Crippen LogP contribution is -2.21. The fourth-order valence-corrected chi connectivity index (χ4v) is 1.06. The van der Waals surface area contributed by atoms with E-state index in [4.69, 9.17) is 0 Å². The lowest BCUT2D eigenvalue weighted by atomic mass is 10.0. The summed E-state index contributed by atoms with van der Waals surface area (Å²) in [6, 6.07) is 0. The predicted molar refractivity (Wildman–Crippen MR) is 51.4 cm³/mol. The van der Waals surface area contributed by atoms with E-state index in [1.54, 1.807) is 13.8 Å². The largest absolute Gasteiger partial charge is 0.338 e. The monoisotopic (exact) mass is 198 g/mol. The van der Waals surface area contributed by atoms with E-state index >= 15 is 0 Å². The van der Waals surface area contributed by atoms with Crippen LogP contribution in [-0.4, -0.2) is 15.8 Å². The van der Waals surface area contributed by atoms with Gasteiger partial charge in [0, 0.05) is 12.1 Å². The van der Waals surface area contributed by atoms with Crippen LogP contribution in [0.15, 0.2) is 11.0 Å². The molecule has 0 aromatic carbocycles. The third-order valence-electron chi connectivity index (χ3n) is 1.61. The summed E-state index contributed by atoms with van der Waals surface area (Å²) in [6.07, 6.45) is 1.35. The van der Waals surface area contributed by atoms with Crippen LogP contribution in [0.1, 0.15) is 24.2 Å². The van der Waals surface area contributed by atoms with Gasteiger partial charge in [-0.25, -0.2) is 0 Å². The number of Topliss-reactive ketones (excluding diaryl/α,β-unsaturated/α-hetero) is 1. The Morgan fingerprint density at radius 3 is 2.62 bits per heavy atom. The summed E-state index contributed by atoms with van der Waals surface area (Å²) in [5, 5.41) is 0. The van der Waals surface area contributed by atoms with Gasteiger partial charge in [-0.3, -0.25) is 14.6 Å². The summed E-state index contributed by atoms with van der Waals surface area (Å²) in [5.41, 5.74) is -0.300. The quantitative estimate of drug-likeness (QED) is 0.555. The van der Waals surface area contributed by atoms with Gasteiger partial charge < -0.3 is 4.98 Å². The highest BCUT2D eigenvalue weighted by Gasteiger charge is 2.13. The molecule has 2 N–H and O–H groups in total. The van der Waals surface area contributed by atoms with Crippen LogP contribution in [0.25, 0.3) is 0 Å². The minimum absolute atomic E-state index is 0.128. The summed E-state index contributed by atoms with van der Waals surface area (Å²) in [6.45, 7) is 3.48. The topological polar surface area (TPSA) is 65.7 Å². The Labute approximate surface area is 80.0 Å². The van der Waals surface area contributed by atoms with Crippen LogP contribution in [-0.2, 0) is 0 Å². The van der Waals surface area contributed by atoms with Crippen molar-refractivity contribution in [3.8, 4) is 0 Å². The summed E-state index contributed by atoms with van der Waals surface area (Å²) in [7, 11) is 0. The second-order valence-corrected chi connectivity index (χ2v) is 3.41. The molecule has 0 radical (unpaired) electrons. The van der Waals surface area contributed by atoms with Gasteiger partial charge >= 0.3 is 0 Å². The highest BCUT2D eigenvalue weighted by atomic mass is 32.1. The number of carbonyl (C=O) groups excluding carboxylic acids is 1. The zero-order valence-electron chi connectivity index (χ0n) is 7.38. The zero-order chi connectivity index (χ0) is 10.0. The van der Waals surface area contributed by atoms with Crippen molar-refractivity contribution in [3.63, 3.8) is 0 Å². The molecule has 1 aromatic heterocycles. The Bertz CT molecular complexity index is 430. The molecule has 0 aliphatic rings. The van der Waals surface area contributed by atoms with E-state index in [1.165, 1.54) is 6.20 Å². The molecule has 0 bridgehead atoms. The molecule has 0 atom stereocenters. The van der Waals surface area contributed by atoms with Gasteiger partial charge in [0.15, 0.2) is 10.6 Å². The number of aromatic amines is 2. The lowest BCUT2D eigenvalue weighted by Gasteiger charge is -2.01. The number of nitrogens with one attached hydrogen (secondary N) is 2. The molecule has 1 rings (SSSR count). The van der Waals surface area contributed by atoms with Crippen molar-refractivity contribution in [2.45, 2.75) is 13.8 Å². The number of aromatic nitrogens is 2. The molecule has 0 fully saturated rings. The molecule has 13 heavy (non-hydrogen) atoms. The molecule has 4 nitrogen and oxygen atoms in total. The number of hydrogen-bond donors (Lipinski definition) is 2. The number of ketones is 1. The van der Waals surface area contributed by atoms with Gasteiger partial charge in [0.25, 0.3) is 5.56 Å². The van der Waals surface area contributed by atoms with Gasteiger partial charge in [-0.15, -0.1) is 0 Å². The van der Waals surface area contributed by atoms with Crippen molar-refractivity contribution in [2.75, 3.05) is 0 Å². The Hall–Kier alpha value is -1.23. The number of rotatable bonds is 2. The van der Waals surface area contributed by atoms with Gasteiger partial charge in [-0.1, -0.05) is 13.8 Å². The minimum atomic E-state index is -0.428. The van der Waals surface area contributed by atoms with E-state index in [1.807, 2.05) is 0 Å². The van der Waals surface area contributed by atoms with Crippen LogP contribution < -0.4 is 5.56 Å². The molecular formula is C8H10N2O2S. The fourth-order valence-electron chi connectivity index (χ4n) is 0.904. The van der Waals surface area contributed by atoms with Crippen molar-refractivity contribution in [2.24, 2.45) is 5.92 Å². The van der Waals surface area contributed by atoms with Crippen molar-refractivity contribution < 1.29 is 4.79 Å². The van der Waals surface area contributed by atoms with E-state index in [0.717, 1.165) is 0 Å². The summed E-state index contributed by atoms with van der Waals surface area (Å²) >= 11 is 4.69. The Kier molecular flexibility index (Phi) is 2.77. The second-order valence-electron chi connectivity index (χ2n) is 3.00. The fraction of sp³-hybridized carbons (Fsp3) is 0.375. The van der Waals surface area contributed by atoms with Crippen LogP contribution in [0.4, 0.5) is 0 Å². The van der Waals surface area contributed by atoms with E-state index in [9.17, 15) is 9.59 Å². The third kappa shape index (κ3) is 2.12. The average molecular weight is 198 g/mol. The first-order valence-corrected chi connectivity index (χ1v) is 4.29. The first-order valence-electron chi connectivity index (χ1n) is 3.88. The Morgan fingerprint density at radius 1 is 1.54 bits per heavy atom. The van der Waals surface area contributed by atoms with Gasteiger partial charge in [0.2, 0.25) is 0 Å². The van der Waals surface area contributed by atoms with Gasteiger partial charge in [-0.05, 0) is 12.2 Å². The van der Waals surface area contributed by atoms with Crippen LogP contribution in [0, 0.1) is 10.7 Å². The molecule has 5 heteroatoms. The van der Waals surface area contributed by atoms with Crippen molar-refractivity contribution >= 4 is 18.0 Å². The third-order valence-corrected chi connectivity index (χ3v) is 1.83. The van der Waals surface area contributed by atoms with E-state index in [-0.39, 0.29) is 22.0 Å². The number of carbonyl (C=O) groups is 1. The molecule has 1 aromatic rings. The highest BCUT2D eigenvalue weighted by molar-refractivity contribution is 7.71. The Morgan fingerprint density at radius 2 is 2.15 bits per heavy atom. The molecule has 0 saturated carbocycles. The van der Waals surface area contributed by atoms with Crippen LogP contribution in [0.2, 0.25) is 0 Å². The highest BCUT2D eigenvalue weighted by Crippen LogP contribution is 2.01. The molecular weight excluding hydrogens is 188 g/mol. The van der Waals surface area contributed by atoms with Gasteiger partial charge in [0.05, 0.1) is 5.56 Å². The molecule has 0 saturated heterocycles. The molecule has 0 spiro atoms. The molecule has 70 valence electrons. The second kappa shape index (κ2) is 3.66. The van der Waals surface area contributed by atoms with Crippen LogP contribution in [0.3, 0.4) is 0 Å². The van der Waals surface area contributed by atoms with Crippen LogP contribution in [0.5, 0.6) is 0 Å². The molecule has 0 amide bonds. The smallest absolute Gasteiger partial charge is 0.262 e. The molecule has 0 unspecified atom stereocenters. The van der Waals surface area contributed by atoms with E-state index in [2.05, 4.69) is 22.2 Å². The molecule has 1 heterocycles. The van der Waals surface area contributed by atoms with E-state index < -0.39 is 5.56 Å². The van der Waals surface area contributed by atoms with Gasteiger partial charge in [0.1, 0.15) is 0 Å². The summed E-state index contributed by atoms with van der Waals surface area (Å²) < 4.78 is 0.227.